The quantitative estimate of drug-likeness (QED) is 0.775. The maximum Gasteiger partial charge on any atom is 0.107 e. The van der Waals surface area contributed by atoms with Gasteiger partial charge in [-0.1, -0.05) is 37.3 Å². The SMILES string of the molecule is CN(C1CCCCCC1)C(CN)c1cc(Br)c(Cl)s1. The van der Waals surface area contributed by atoms with Crippen LogP contribution in [0.1, 0.15) is 49.4 Å². The normalized spacial score (nSPS) is 19.6. The van der Waals surface area contributed by atoms with Crippen LogP contribution < -0.4 is 5.73 Å². The molecule has 0 radical (unpaired) electrons. The van der Waals surface area contributed by atoms with Crippen LogP contribution in [-0.2, 0) is 0 Å². The summed E-state index contributed by atoms with van der Waals surface area (Å²) >= 11 is 11.3. The molecule has 0 saturated heterocycles. The number of likely N-dealkylation sites (N-methyl/N-ethyl adjacent to an activating group) is 1. The van der Waals surface area contributed by atoms with Crippen LogP contribution in [0.4, 0.5) is 0 Å². The van der Waals surface area contributed by atoms with Crippen LogP contribution in [-0.4, -0.2) is 24.5 Å². The Bertz CT molecular complexity index is 383. The summed E-state index contributed by atoms with van der Waals surface area (Å²) in [7, 11) is 2.22. The first-order valence-electron chi connectivity index (χ1n) is 7.00. The van der Waals surface area contributed by atoms with E-state index in [0.29, 0.717) is 12.6 Å². The molecule has 0 aliphatic heterocycles. The molecule has 0 spiro atoms. The molecular formula is C14H22BrClN2S. The number of halogens is 2. The maximum atomic E-state index is 6.16. The largest absolute Gasteiger partial charge is 0.329 e. The Balaban J connectivity index is 2.11. The minimum Gasteiger partial charge on any atom is -0.329 e. The Kier molecular flexibility index (Phi) is 6.15. The maximum absolute atomic E-state index is 6.16. The zero-order valence-corrected chi connectivity index (χ0v) is 14.5. The van der Waals surface area contributed by atoms with E-state index < -0.39 is 0 Å². The third-order valence-corrected chi connectivity index (χ3v) is 6.68. The smallest absolute Gasteiger partial charge is 0.107 e. The molecule has 1 saturated carbocycles. The second kappa shape index (κ2) is 7.41. The molecule has 2 N–H and O–H groups in total. The number of nitrogens with two attached hydrogens (primary N) is 1. The molecular weight excluding hydrogens is 344 g/mol. The third kappa shape index (κ3) is 3.94. The number of hydrogen-bond donors (Lipinski definition) is 1. The van der Waals surface area contributed by atoms with Crippen LogP contribution in [0.15, 0.2) is 10.5 Å². The summed E-state index contributed by atoms with van der Waals surface area (Å²) in [5, 5.41) is 0. The van der Waals surface area contributed by atoms with Gasteiger partial charge < -0.3 is 5.73 Å². The molecule has 108 valence electrons. The van der Waals surface area contributed by atoms with Crippen molar-refractivity contribution >= 4 is 38.9 Å². The van der Waals surface area contributed by atoms with Crippen molar-refractivity contribution < 1.29 is 0 Å². The molecule has 0 aromatic carbocycles. The van der Waals surface area contributed by atoms with Crippen molar-refractivity contribution in [1.82, 2.24) is 4.90 Å². The fraction of sp³-hybridized carbons (Fsp3) is 0.714. The van der Waals surface area contributed by atoms with Gasteiger partial charge in [-0.25, -0.2) is 0 Å². The molecule has 1 heterocycles. The zero-order valence-electron chi connectivity index (χ0n) is 11.4. The second-order valence-electron chi connectivity index (χ2n) is 5.33. The van der Waals surface area contributed by atoms with Crippen molar-refractivity contribution in [2.24, 2.45) is 5.73 Å². The van der Waals surface area contributed by atoms with Gasteiger partial charge in [-0.2, -0.15) is 0 Å². The summed E-state index contributed by atoms with van der Waals surface area (Å²) < 4.78 is 1.81. The first-order valence-corrected chi connectivity index (χ1v) is 8.99. The Morgan fingerprint density at radius 1 is 1.42 bits per heavy atom. The molecule has 19 heavy (non-hydrogen) atoms. The van der Waals surface area contributed by atoms with Gasteiger partial charge in [0.05, 0.1) is 6.04 Å². The lowest BCUT2D eigenvalue weighted by Crippen LogP contribution is -2.38. The van der Waals surface area contributed by atoms with E-state index in [4.69, 9.17) is 17.3 Å². The highest BCUT2D eigenvalue weighted by Crippen LogP contribution is 2.38. The number of hydrogen-bond acceptors (Lipinski definition) is 3. The van der Waals surface area contributed by atoms with E-state index in [0.717, 1.165) is 8.81 Å². The molecule has 5 heteroatoms. The average Bonchev–Trinajstić information content (AvgIpc) is 2.62. The van der Waals surface area contributed by atoms with Gasteiger partial charge >= 0.3 is 0 Å². The second-order valence-corrected chi connectivity index (χ2v) is 7.87. The Morgan fingerprint density at radius 2 is 2.05 bits per heavy atom. The van der Waals surface area contributed by atoms with Gasteiger partial charge in [0.25, 0.3) is 0 Å². The average molecular weight is 366 g/mol. The molecule has 1 fully saturated rings. The topological polar surface area (TPSA) is 29.3 Å². The zero-order chi connectivity index (χ0) is 13.8. The van der Waals surface area contributed by atoms with E-state index in [1.165, 1.54) is 43.4 Å². The first kappa shape index (κ1) is 15.8. The van der Waals surface area contributed by atoms with Crippen molar-refractivity contribution in [2.75, 3.05) is 13.6 Å². The Hall–Kier alpha value is 0.390. The molecule has 1 aliphatic rings. The lowest BCUT2D eigenvalue weighted by molar-refractivity contribution is 0.163. The summed E-state index contributed by atoms with van der Waals surface area (Å²) in [6, 6.07) is 3.07. The number of nitrogens with zero attached hydrogens (tertiary/aromatic N) is 1. The highest BCUT2D eigenvalue weighted by atomic mass is 79.9. The summed E-state index contributed by atoms with van der Waals surface area (Å²) in [5.74, 6) is 0. The minimum atomic E-state index is 0.289. The molecule has 1 aromatic heterocycles. The van der Waals surface area contributed by atoms with Crippen molar-refractivity contribution in [2.45, 2.75) is 50.6 Å². The van der Waals surface area contributed by atoms with E-state index in [9.17, 15) is 0 Å². The van der Waals surface area contributed by atoms with Gasteiger partial charge in [0.1, 0.15) is 4.34 Å². The van der Waals surface area contributed by atoms with E-state index in [1.807, 2.05) is 0 Å². The van der Waals surface area contributed by atoms with Crippen LogP contribution >= 0.6 is 38.9 Å². The van der Waals surface area contributed by atoms with E-state index in [-0.39, 0.29) is 6.04 Å². The van der Waals surface area contributed by atoms with Crippen LogP contribution in [0.2, 0.25) is 4.34 Å². The highest BCUT2D eigenvalue weighted by molar-refractivity contribution is 9.10. The van der Waals surface area contributed by atoms with Crippen molar-refractivity contribution in [3.05, 3.63) is 19.8 Å². The van der Waals surface area contributed by atoms with E-state index >= 15 is 0 Å². The molecule has 1 aromatic rings. The van der Waals surface area contributed by atoms with Gasteiger partial charge in [-0.05, 0) is 41.9 Å². The van der Waals surface area contributed by atoms with Gasteiger partial charge in [0.15, 0.2) is 0 Å². The summed E-state index contributed by atoms with van der Waals surface area (Å²) in [4.78, 5) is 3.74. The van der Waals surface area contributed by atoms with Gasteiger partial charge in [0, 0.05) is 21.9 Å². The summed E-state index contributed by atoms with van der Waals surface area (Å²) in [5.41, 5.74) is 6.02. The van der Waals surface area contributed by atoms with Crippen LogP contribution in [0, 0.1) is 0 Å². The number of rotatable bonds is 4. The van der Waals surface area contributed by atoms with Crippen molar-refractivity contribution in [3.63, 3.8) is 0 Å². The van der Waals surface area contributed by atoms with E-state index in [1.54, 1.807) is 11.3 Å². The summed E-state index contributed by atoms with van der Waals surface area (Å²) in [6.45, 7) is 0.649. The van der Waals surface area contributed by atoms with Crippen LogP contribution in [0.3, 0.4) is 0 Å². The molecule has 1 aliphatic carbocycles. The molecule has 0 bridgehead atoms. The molecule has 1 unspecified atom stereocenters. The lowest BCUT2D eigenvalue weighted by Gasteiger charge is -2.33. The fourth-order valence-electron chi connectivity index (χ4n) is 2.93. The molecule has 2 nitrogen and oxygen atoms in total. The fourth-order valence-corrected chi connectivity index (χ4v) is 4.83. The van der Waals surface area contributed by atoms with Gasteiger partial charge in [0.2, 0.25) is 0 Å². The lowest BCUT2D eigenvalue weighted by atomic mass is 10.0. The molecule has 2 rings (SSSR count). The third-order valence-electron chi connectivity index (χ3n) is 4.11. The van der Waals surface area contributed by atoms with Gasteiger partial charge in [-0.3, -0.25) is 4.90 Å². The van der Waals surface area contributed by atoms with Crippen LogP contribution in [0.25, 0.3) is 0 Å². The Morgan fingerprint density at radius 3 is 2.53 bits per heavy atom. The predicted octanol–water partition coefficient (Wildman–Crippen LogP) is 4.82. The minimum absolute atomic E-state index is 0.289. The monoisotopic (exact) mass is 364 g/mol. The van der Waals surface area contributed by atoms with E-state index in [2.05, 4.69) is 33.9 Å². The number of thiophene rings is 1. The van der Waals surface area contributed by atoms with Crippen molar-refractivity contribution in [1.29, 1.82) is 0 Å². The summed E-state index contributed by atoms with van der Waals surface area (Å²) in [6.07, 6.45) is 8.06. The van der Waals surface area contributed by atoms with Crippen LogP contribution in [0.5, 0.6) is 0 Å². The van der Waals surface area contributed by atoms with Crippen molar-refractivity contribution in [3.8, 4) is 0 Å². The highest BCUT2D eigenvalue weighted by Gasteiger charge is 2.25. The molecule has 1 atom stereocenters. The predicted molar refractivity (Wildman–Crippen MR) is 88.1 cm³/mol. The van der Waals surface area contributed by atoms with Gasteiger partial charge in [-0.15, -0.1) is 11.3 Å². The molecule has 0 amide bonds. The standard InChI is InChI=1S/C14H22BrClN2S/c1-18(10-6-4-2-3-5-7-10)12(9-17)13-8-11(15)14(16)19-13/h8,10,12H,2-7,9,17H2,1H3. The Labute approximate surface area is 133 Å². The first-order chi connectivity index (χ1) is 9.13.